The van der Waals surface area contributed by atoms with Crippen LogP contribution >= 0.6 is 24.2 Å². The second-order valence-electron chi connectivity index (χ2n) is 0.526. The van der Waals surface area contributed by atoms with Crippen molar-refractivity contribution in [2.75, 3.05) is 5.88 Å². The number of hydrogen-bond donors (Lipinski definition) is 0. The van der Waals surface area contributed by atoms with E-state index in [1.54, 1.807) is 6.08 Å². The van der Waals surface area contributed by atoms with E-state index in [1.807, 2.05) is 0 Å². The third-order valence-corrected chi connectivity index (χ3v) is 0.556. The highest BCUT2D eigenvalue weighted by atomic mass is 35.5. The molecule has 0 aromatic carbocycles. The zero-order valence-electron chi connectivity index (χ0n) is 2.65. The van der Waals surface area contributed by atoms with Crippen molar-refractivity contribution in [2.24, 2.45) is 0 Å². The molecular weight excluding hydrogens is 104 g/mol. The minimum atomic E-state index is 0.531. The summed E-state index contributed by atoms with van der Waals surface area (Å²) in [5.74, 6) is 0.531. The molecule has 0 aliphatic carbocycles. The lowest BCUT2D eigenvalue weighted by molar-refractivity contribution is 1.79. The summed E-state index contributed by atoms with van der Waals surface area (Å²) in [5.41, 5.74) is 0. The molecule has 0 saturated heterocycles. The van der Waals surface area contributed by atoms with Crippen molar-refractivity contribution >= 4 is 24.2 Å². The van der Waals surface area contributed by atoms with Gasteiger partial charge in [-0.05, 0) is 5.41 Å². The Hall–Kier alpha value is 0.250. The van der Waals surface area contributed by atoms with Gasteiger partial charge in [-0.3, -0.25) is 0 Å². The maximum absolute atomic E-state index is 5.15. The number of alkyl halides is 1. The molecule has 0 aliphatic heterocycles. The largest absolute Gasteiger partial charge is 0.122 e. The van der Waals surface area contributed by atoms with Gasteiger partial charge in [0.15, 0.2) is 0 Å². The fourth-order valence-corrected chi connectivity index (χ4v) is 0.327. The third kappa shape index (κ3) is 4.25. The van der Waals surface area contributed by atoms with Gasteiger partial charge in [0, 0.05) is 5.88 Å². The zero-order chi connectivity index (χ0) is 4.12. The van der Waals surface area contributed by atoms with Crippen LogP contribution in [-0.4, -0.2) is 5.88 Å². The average molecular weight is 108 g/mol. The van der Waals surface area contributed by atoms with Gasteiger partial charge in [0.25, 0.3) is 0 Å². The van der Waals surface area contributed by atoms with E-state index < -0.39 is 0 Å². The molecule has 0 aromatic rings. The van der Waals surface area contributed by atoms with E-state index in [4.69, 9.17) is 11.6 Å². The Morgan fingerprint density at radius 1 is 1.80 bits per heavy atom. The standard InChI is InChI=1S/C3H4ClS/c4-2-1-3-5/h1,3H,2H2. The number of halogens is 1. The highest BCUT2D eigenvalue weighted by Gasteiger charge is 1.56. The van der Waals surface area contributed by atoms with Gasteiger partial charge in [-0.25, -0.2) is 0 Å². The van der Waals surface area contributed by atoms with Gasteiger partial charge in [0.05, 0.1) is 0 Å². The first kappa shape index (κ1) is 5.25. The van der Waals surface area contributed by atoms with Crippen LogP contribution in [0.2, 0.25) is 0 Å². The fourth-order valence-electron chi connectivity index (χ4n) is 0.0364. The summed E-state index contributed by atoms with van der Waals surface area (Å²) in [4.78, 5) is 0. The van der Waals surface area contributed by atoms with Crippen molar-refractivity contribution in [1.82, 2.24) is 0 Å². The third-order valence-electron chi connectivity index (χ3n) is 0.185. The molecule has 0 nitrogen and oxygen atoms in total. The van der Waals surface area contributed by atoms with E-state index >= 15 is 0 Å². The minimum absolute atomic E-state index is 0.531. The molecule has 0 unspecified atom stereocenters. The monoisotopic (exact) mass is 107 g/mol. The molecule has 0 amide bonds. The molecule has 0 rings (SSSR count). The van der Waals surface area contributed by atoms with Crippen LogP contribution in [0.4, 0.5) is 0 Å². The summed E-state index contributed by atoms with van der Waals surface area (Å²) in [5, 5.41) is 1.51. The van der Waals surface area contributed by atoms with Gasteiger partial charge in [0.1, 0.15) is 0 Å². The van der Waals surface area contributed by atoms with Gasteiger partial charge >= 0.3 is 0 Å². The quantitative estimate of drug-likeness (QED) is 0.450. The Balaban J connectivity index is 2.62. The maximum Gasteiger partial charge on any atom is 0.0415 e. The van der Waals surface area contributed by atoms with Gasteiger partial charge in [-0.1, -0.05) is 18.7 Å². The van der Waals surface area contributed by atoms with Crippen molar-refractivity contribution < 1.29 is 0 Å². The topological polar surface area (TPSA) is 0 Å². The lowest BCUT2D eigenvalue weighted by atomic mass is 10.8. The number of allylic oxidation sites excluding steroid dienone is 1. The highest BCUT2D eigenvalue weighted by molar-refractivity contribution is 7.83. The lowest BCUT2D eigenvalue weighted by Gasteiger charge is -1.61. The van der Waals surface area contributed by atoms with Crippen LogP contribution < -0.4 is 0 Å². The van der Waals surface area contributed by atoms with Crippen LogP contribution in [0.15, 0.2) is 11.5 Å². The van der Waals surface area contributed by atoms with Crippen molar-refractivity contribution in [2.45, 2.75) is 0 Å². The molecular formula is C3H4ClS. The molecule has 2 heteroatoms. The Morgan fingerprint density at radius 3 is 2.40 bits per heavy atom. The van der Waals surface area contributed by atoms with Crippen molar-refractivity contribution in [3.63, 3.8) is 0 Å². The molecule has 0 bridgehead atoms. The van der Waals surface area contributed by atoms with Crippen LogP contribution in [0.1, 0.15) is 0 Å². The van der Waals surface area contributed by atoms with E-state index in [0.29, 0.717) is 5.88 Å². The Morgan fingerprint density at radius 2 is 2.40 bits per heavy atom. The van der Waals surface area contributed by atoms with Gasteiger partial charge < -0.3 is 0 Å². The zero-order valence-corrected chi connectivity index (χ0v) is 4.22. The summed E-state index contributed by atoms with van der Waals surface area (Å²) in [7, 11) is 0. The maximum atomic E-state index is 5.15. The van der Waals surface area contributed by atoms with Crippen LogP contribution in [0, 0.1) is 0 Å². The fraction of sp³-hybridized carbons (Fsp3) is 0.333. The average Bonchev–Trinajstić information content (AvgIpc) is 1.41. The molecule has 1 radical (unpaired) electrons. The second kappa shape index (κ2) is 4.25. The Labute approximate surface area is 42.2 Å². The van der Waals surface area contributed by atoms with Gasteiger partial charge in [0.2, 0.25) is 0 Å². The van der Waals surface area contributed by atoms with Crippen molar-refractivity contribution in [1.29, 1.82) is 0 Å². The molecule has 0 aromatic heterocycles. The van der Waals surface area contributed by atoms with Crippen LogP contribution in [0.3, 0.4) is 0 Å². The SMILES string of the molecule is [S]C=CCCl. The molecule has 0 fully saturated rings. The Kier molecular flexibility index (Phi) is 4.46. The van der Waals surface area contributed by atoms with E-state index in [1.165, 1.54) is 5.41 Å². The first-order valence-corrected chi connectivity index (χ1v) is 2.25. The van der Waals surface area contributed by atoms with Crippen molar-refractivity contribution in [3.8, 4) is 0 Å². The summed E-state index contributed by atoms with van der Waals surface area (Å²) >= 11 is 9.53. The van der Waals surface area contributed by atoms with E-state index in [9.17, 15) is 0 Å². The molecule has 0 aliphatic rings. The van der Waals surface area contributed by atoms with Gasteiger partial charge in [-0.15, -0.1) is 11.6 Å². The second-order valence-corrected chi connectivity index (χ2v) is 1.11. The number of hydrogen-bond acceptors (Lipinski definition) is 0. The molecule has 0 spiro atoms. The van der Waals surface area contributed by atoms with Crippen molar-refractivity contribution in [3.05, 3.63) is 11.5 Å². The van der Waals surface area contributed by atoms with Crippen LogP contribution in [0.5, 0.6) is 0 Å². The first-order chi connectivity index (χ1) is 2.41. The molecule has 29 valence electrons. The predicted molar refractivity (Wildman–Crippen MR) is 27.5 cm³/mol. The molecule has 0 atom stereocenters. The Bertz CT molecular complexity index is 33.9. The lowest BCUT2D eigenvalue weighted by Crippen LogP contribution is -1.49. The molecule has 0 N–H and O–H groups in total. The van der Waals surface area contributed by atoms with Crippen LogP contribution in [0.25, 0.3) is 0 Å². The van der Waals surface area contributed by atoms with E-state index in [2.05, 4.69) is 12.6 Å². The predicted octanol–water partition coefficient (Wildman–Crippen LogP) is 1.94. The summed E-state index contributed by atoms with van der Waals surface area (Å²) in [6, 6.07) is 0. The smallest absolute Gasteiger partial charge is 0.0415 e. The normalized spacial score (nSPS) is 9.80. The molecule has 0 heterocycles. The summed E-state index contributed by atoms with van der Waals surface area (Å²) in [6.45, 7) is 0. The molecule has 0 saturated carbocycles. The van der Waals surface area contributed by atoms with E-state index in [0.717, 1.165) is 0 Å². The minimum Gasteiger partial charge on any atom is -0.122 e. The molecule has 5 heavy (non-hydrogen) atoms. The van der Waals surface area contributed by atoms with Crippen LogP contribution in [-0.2, 0) is 0 Å². The first-order valence-electron chi connectivity index (χ1n) is 1.24. The highest BCUT2D eigenvalue weighted by Crippen LogP contribution is 1.78. The van der Waals surface area contributed by atoms with Gasteiger partial charge in [-0.2, -0.15) is 0 Å². The summed E-state index contributed by atoms with van der Waals surface area (Å²) < 4.78 is 0. The van der Waals surface area contributed by atoms with E-state index in [-0.39, 0.29) is 0 Å². The number of rotatable bonds is 1. The summed E-state index contributed by atoms with van der Waals surface area (Å²) in [6.07, 6.45) is 1.71.